The molecule has 1 fully saturated rings. The van der Waals surface area contributed by atoms with Gasteiger partial charge in [0.2, 0.25) is 0 Å². The second kappa shape index (κ2) is 4.06. The minimum Gasteiger partial charge on any atom is -0.396 e. The van der Waals surface area contributed by atoms with Crippen LogP contribution >= 0.6 is 0 Å². The van der Waals surface area contributed by atoms with Crippen LogP contribution in [0.1, 0.15) is 12.1 Å². The first-order valence-corrected chi connectivity index (χ1v) is 5.22. The molecule has 1 aliphatic rings. The molecule has 1 atom stereocenters. The zero-order valence-electron chi connectivity index (χ0n) is 9.23. The molecule has 1 saturated heterocycles. The molecule has 2 N–H and O–H groups in total. The van der Waals surface area contributed by atoms with Crippen LogP contribution < -0.4 is 10.6 Å². The largest absolute Gasteiger partial charge is 0.396 e. The number of likely N-dealkylation sites (N-methyl/N-ethyl adjacent to an activating group) is 1. The summed E-state index contributed by atoms with van der Waals surface area (Å²) in [6.07, 6.45) is 1.05. The fraction of sp³-hybridized carbons (Fsp3) is 0.545. The summed E-state index contributed by atoms with van der Waals surface area (Å²) in [5.74, 6) is 0.866. The number of hydrogen-bond acceptors (Lipinski definition) is 4. The van der Waals surface area contributed by atoms with Crippen molar-refractivity contribution >= 4 is 11.5 Å². The highest BCUT2D eigenvalue weighted by Gasteiger charge is 2.22. The minimum absolute atomic E-state index is 0.404. The first-order valence-electron chi connectivity index (χ1n) is 5.22. The molecular weight excluding hydrogens is 190 g/mol. The Morgan fingerprint density at radius 3 is 3.00 bits per heavy atom. The van der Waals surface area contributed by atoms with E-state index in [4.69, 9.17) is 10.5 Å². The Balaban J connectivity index is 2.23. The average Bonchev–Trinajstić information content (AvgIpc) is 2.74. The number of hydrogen-bond donors (Lipinski definition) is 1. The van der Waals surface area contributed by atoms with Gasteiger partial charge >= 0.3 is 0 Å². The summed E-state index contributed by atoms with van der Waals surface area (Å²) in [5.41, 5.74) is 7.64. The van der Waals surface area contributed by atoms with Crippen molar-refractivity contribution in [2.75, 3.05) is 30.9 Å². The molecule has 0 spiro atoms. The normalized spacial score (nSPS) is 20.5. The number of aryl methyl sites for hydroxylation is 1. The van der Waals surface area contributed by atoms with Gasteiger partial charge in [-0.15, -0.1) is 0 Å². The van der Waals surface area contributed by atoms with Gasteiger partial charge in [-0.1, -0.05) is 0 Å². The Kier molecular flexibility index (Phi) is 2.77. The van der Waals surface area contributed by atoms with Crippen LogP contribution in [-0.2, 0) is 4.74 Å². The molecule has 82 valence electrons. The second-order valence-corrected chi connectivity index (χ2v) is 3.99. The summed E-state index contributed by atoms with van der Waals surface area (Å²) >= 11 is 0. The van der Waals surface area contributed by atoms with Crippen LogP contribution in [0.25, 0.3) is 0 Å². The maximum absolute atomic E-state index is 5.91. The van der Waals surface area contributed by atoms with Crippen LogP contribution in [0.5, 0.6) is 0 Å². The van der Waals surface area contributed by atoms with Crippen LogP contribution in [0.3, 0.4) is 0 Å². The van der Waals surface area contributed by atoms with E-state index in [0.717, 1.165) is 36.8 Å². The fourth-order valence-corrected chi connectivity index (χ4v) is 1.84. The van der Waals surface area contributed by atoms with E-state index in [9.17, 15) is 0 Å². The van der Waals surface area contributed by atoms with E-state index in [0.29, 0.717) is 6.04 Å². The Morgan fingerprint density at radius 1 is 1.53 bits per heavy atom. The van der Waals surface area contributed by atoms with E-state index in [-0.39, 0.29) is 0 Å². The van der Waals surface area contributed by atoms with Gasteiger partial charge in [-0.3, -0.25) is 0 Å². The van der Waals surface area contributed by atoms with Crippen molar-refractivity contribution in [3.8, 4) is 0 Å². The monoisotopic (exact) mass is 207 g/mol. The molecule has 4 heteroatoms. The Labute approximate surface area is 90.0 Å². The summed E-state index contributed by atoms with van der Waals surface area (Å²) < 4.78 is 5.36. The van der Waals surface area contributed by atoms with E-state index in [1.165, 1.54) is 0 Å². The summed E-state index contributed by atoms with van der Waals surface area (Å²) in [6.45, 7) is 3.58. The van der Waals surface area contributed by atoms with Crippen molar-refractivity contribution < 1.29 is 4.74 Å². The first-order chi connectivity index (χ1) is 7.18. The molecule has 0 bridgehead atoms. The smallest absolute Gasteiger partial charge is 0.152 e. The number of ether oxygens (including phenoxy) is 1. The van der Waals surface area contributed by atoms with Crippen molar-refractivity contribution in [2.45, 2.75) is 19.4 Å². The van der Waals surface area contributed by atoms with Crippen LogP contribution in [0.4, 0.5) is 11.5 Å². The fourth-order valence-electron chi connectivity index (χ4n) is 1.84. The van der Waals surface area contributed by atoms with Crippen molar-refractivity contribution in [3.63, 3.8) is 0 Å². The van der Waals surface area contributed by atoms with Gasteiger partial charge in [-0.25, -0.2) is 4.98 Å². The van der Waals surface area contributed by atoms with Gasteiger partial charge in [-0.05, 0) is 25.5 Å². The molecule has 1 aromatic rings. The maximum Gasteiger partial charge on any atom is 0.152 e. The molecule has 0 aliphatic carbocycles. The molecule has 1 aromatic heterocycles. The lowest BCUT2D eigenvalue weighted by atomic mass is 10.2. The Morgan fingerprint density at radius 2 is 2.33 bits per heavy atom. The number of nitrogens with zero attached hydrogens (tertiary/aromatic N) is 2. The standard InChI is InChI=1S/C11H17N3O/c1-8-3-4-10(12)11(13-8)14(2)9-5-6-15-7-9/h3-4,9H,5-7,12H2,1-2H3. The van der Waals surface area contributed by atoms with Crippen molar-refractivity contribution in [2.24, 2.45) is 0 Å². The van der Waals surface area contributed by atoms with Gasteiger partial charge in [0.1, 0.15) is 0 Å². The summed E-state index contributed by atoms with van der Waals surface area (Å²) in [7, 11) is 2.03. The number of nitrogen functional groups attached to an aromatic ring is 1. The lowest BCUT2D eigenvalue weighted by molar-refractivity contribution is 0.193. The highest BCUT2D eigenvalue weighted by Crippen LogP contribution is 2.24. The van der Waals surface area contributed by atoms with Gasteiger partial charge in [-0.2, -0.15) is 0 Å². The third kappa shape index (κ3) is 2.04. The number of pyridine rings is 1. The van der Waals surface area contributed by atoms with E-state index < -0.39 is 0 Å². The molecule has 2 rings (SSSR count). The Hall–Kier alpha value is -1.29. The molecule has 1 aliphatic heterocycles. The highest BCUT2D eigenvalue weighted by atomic mass is 16.5. The SMILES string of the molecule is Cc1ccc(N)c(N(C)C2CCOC2)n1. The average molecular weight is 207 g/mol. The molecule has 15 heavy (non-hydrogen) atoms. The van der Waals surface area contributed by atoms with Gasteiger partial charge in [0.05, 0.1) is 18.3 Å². The molecule has 0 amide bonds. The second-order valence-electron chi connectivity index (χ2n) is 3.99. The van der Waals surface area contributed by atoms with E-state index >= 15 is 0 Å². The maximum atomic E-state index is 5.91. The van der Waals surface area contributed by atoms with Crippen LogP contribution in [0.2, 0.25) is 0 Å². The quantitative estimate of drug-likeness (QED) is 0.791. The molecular formula is C11H17N3O. The first kappa shape index (κ1) is 10.2. The van der Waals surface area contributed by atoms with E-state index in [1.807, 2.05) is 26.1 Å². The minimum atomic E-state index is 0.404. The van der Waals surface area contributed by atoms with E-state index in [1.54, 1.807) is 0 Å². The molecule has 0 radical (unpaired) electrons. The van der Waals surface area contributed by atoms with Crippen LogP contribution in [0.15, 0.2) is 12.1 Å². The van der Waals surface area contributed by atoms with Crippen molar-refractivity contribution in [3.05, 3.63) is 17.8 Å². The molecule has 1 unspecified atom stereocenters. The molecule has 0 saturated carbocycles. The van der Waals surface area contributed by atoms with Crippen molar-refractivity contribution in [1.29, 1.82) is 0 Å². The third-order valence-electron chi connectivity index (χ3n) is 2.83. The van der Waals surface area contributed by atoms with Gasteiger partial charge in [0.25, 0.3) is 0 Å². The molecule has 2 heterocycles. The number of aromatic nitrogens is 1. The molecule has 0 aromatic carbocycles. The number of rotatable bonds is 2. The topological polar surface area (TPSA) is 51.4 Å². The van der Waals surface area contributed by atoms with Gasteiger partial charge in [0, 0.05) is 19.3 Å². The van der Waals surface area contributed by atoms with E-state index in [2.05, 4.69) is 9.88 Å². The number of anilines is 2. The highest BCUT2D eigenvalue weighted by molar-refractivity contribution is 5.63. The lowest BCUT2D eigenvalue weighted by Crippen LogP contribution is -2.33. The number of nitrogens with two attached hydrogens (primary N) is 1. The summed E-state index contributed by atoms with van der Waals surface area (Å²) in [6, 6.07) is 4.24. The third-order valence-corrected chi connectivity index (χ3v) is 2.83. The molecule has 4 nitrogen and oxygen atoms in total. The van der Waals surface area contributed by atoms with Crippen LogP contribution in [0, 0.1) is 6.92 Å². The van der Waals surface area contributed by atoms with Crippen LogP contribution in [-0.4, -0.2) is 31.3 Å². The zero-order chi connectivity index (χ0) is 10.8. The summed E-state index contributed by atoms with van der Waals surface area (Å²) in [4.78, 5) is 6.58. The lowest BCUT2D eigenvalue weighted by Gasteiger charge is -2.25. The Bertz CT molecular complexity index is 348. The summed E-state index contributed by atoms with van der Waals surface area (Å²) in [5, 5.41) is 0. The van der Waals surface area contributed by atoms with Gasteiger partial charge in [0.15, 0.2) is 5.82 Å². The predicted octanol–water partition coefficient (Wildman–Crippen LogP) is 1.20. The van der Waals surface area contributed by atoms with Gasteiger partial charge < -0.3 is 15.4 Å². The van der Waals surface area contributed by atoms with Crippen molar-refractivity contribution in [1.82, 2.24) is 4.98 Å². The zero-order valence-corrected chi connectivity index (χ0v) is 9.23. The predicted molar refractivity (Wildman–Crippen MR) is 61.0 cm³/mol.